The topological polar surface area (TPSA) is 42.4 Å². The van der Waals surface area contributed by atoms with Gasteiger partial charge in [-0.1, -0.05) is 12.1 Å². The van der Waals surface area contributed by atoms with Crippen LogP contribution in [0.3, 0.4) is 0 Å². The quantitative estimate of drug-likeness (QED) is 0.729. The van der Waals surface area contributed by atoms with Crippen LogP contribution in [0.5, 0.6) is 0 Å². The second-order valence-electron chi connectivity index (χ2n) is 5.52. The number of hydrogen-bond donors (Lipinski definition) is 0. The lowest BCUT2D eigenvalue weighted by Crippen LogP contribution is -2.28. The molecule has 0 fully saturated rings. The predicted molar refractivity (Wildman–Crippen MR) is 86.3 cm³/mol. The van der Waals surface area contributed by atoms with Crippen molar-refractivity contribution in [2.75, 3.05) is 20.7 Å². The summed E-state index contributed by atoms with van der Waals surface area (Å²) in [5, 5.41) is 0. The number of nitrogens with zero attached hydrogens (tertiary/aromatic N) is 2. The Hall–Kier alpha value is -2.34. The van der Waals surface area contributed by atoms with E-state index < -0.39 is 17.7 Å². The van der Waals surface area contributed by atoms with E-state index in [0.29, 0.717) is 18.5 Å². The van der Waals surface area contributed by atoms with Gasteiger partial charge < -0.3 is 4.74 Å². The first kappa shape index (κ1) is 18.0. The van der Waals surface area contributed by atoms with Crippen LogP contribution in [0, 0.1) is 11.6 Å². The number of carbonyl (C=O) groups is 1. The number of hydrogen-bond acceptors (Lipinski definition) is 4. The molecule has 0 saturated carbocycles. The number of halogens is 2. The van der Waals surface area contributed by atoms with Gasteiger partial charge in [0.1, 0.15) is 11.6 Å². The van der Waals surface area contributed by atoms with Crippen molar-refractivity contribution in [1.82, 2.24) is 9.88 Å². The number of pyridine rings is 1. The van der Waals surface area contributed by atoms with E-state index in [4.69, 9.17) is 0 Å². The van der Waals surface area contributed by atoms with E-state index in [0.717, 1.165) is 11.6 Å². The van der Waals surface area contributed by atoms with Gasteiger partial charge in [-0.25, -0.2) is 8.78 Å². The Kier molecular flexibility index (Phi) is 6.37. The summed E-state index contributed by atoms with van der Waals surface area (Å²) in [5.41, 5.74) is 1.16. The molecule has 128 valence electrons. The number of ether oxygens (including phenoxy) is 1. The Morgan fingerprint density at radius 1 is 1.33 bits per heavy atom. The minimum absolute atomic E-state index is 0.283. The van der Waals surface area contributed by atoms with Crippen LogP contribution in [0.15, 0.2) is 42.7 Å². The average Bonchev–Trinajstić information content (AvgIpc) is 2.58. The molecule has 2 rings (SSSR count). The van der Waals surface area contributed by atoms with Gasteiger partial charge in [0.25, 0.3) is 0 Å². The summed E-state index contributed by atoms with van der Waals surface area (Å²) in [7, 11) is 3.18. The summed E-state index contributed by atoms with van der Waals surface area (Å²) in [6.45, 7) is 0.547. The van der Waals surface area contributed by atoms with Crippen LogP contribution in [0.2, 0.25) is 0 Å². The van der Waals surface area contributed by atoms with Crippen molar-refractivity contribution >= 4 is 5.97 Å². The number of esters is 1. The molecular formula is C18H20F2N2O2. The van der Waals surface area contributed by atoms with Crippen LogP contribution >= 0.6 is 0 Å². The molecule has 0 radical (unpaired) electrons. The van der Waals surface area contributed by atoms with Crippen LogP contribution in [0.25, 0.3) is 0 Å². The molecule has 1 heterocycles. The van der Waals surface area contributed by atoms with Crippen molar-refractivity contribution < 1.29 is 18.3 Å². The molecule has 24 heavy (non-hydrogen) atoms. The van der Waals surface area contributed by atoms with E-state index in [1.165, 1.54) is 19.2 Å². The fourth-order valence-electron chi connectivity index (χ4n) is 2.64. The van der Waals surface area contributed by atoms with E-state index in [1.807, 2.05) is 18.0 Å². The van der Waals surface area contributed by atoms with Crippen molar-refractivity contribution in [3.05, 3.63) is 65.5 Å². The highest BCUT2D eigenvalue weighted by Crippen LogP contribution is 2.29. The largest absolute Gasteiger partial charge is 0.469 e. The molecule has 0 bridgehead atoms. The number of rotatable bonds is 7. The summed E-state index contributed by atoms with van der Waals surface area (Å²) in [6.07, 6.45) is 4.15. The van der Waals surface area contributed by atoms with Gasteiger partial charge in [-0.2, -0.15) is 0 Å². The Balaban J connectivity index is 2.25. The van der Waals surface area contributed by atoms with E-state index in [-0.39, 0.29) is 12.4 Å². The highest BCUT2D eigenvalue weighted by molar-refractivity contribution is 5.69. The second kappa shape index (κ2) is 8.49. The maximum atomic E-state index is 14.3. The lowest BCUT2D eigenvalue weighted by Gasteiger charge is -2.29. The average molecular weight is 334 g/mol. The van der Waals surface area contributed by atoms with Crippen molar-refractivity contribution in [2.45, 2.75) is 18.9 Å². The molecule has 0 unspecified atom stereocenters. The minimum Gasteiger partial charge on any atom is -0.469 e. The Morgan fingerprint density at radius 3 is 2.75 bits per heavy atom. The first-order valence-electron chi connectivity index (χ1n) is 7.65. The number of aromatic nitrogens is 1. The molecule has 4 nitrogen and oxygen atoms in total. The number of benzene rings is 1. The highest BCUT2D eigenvalue weighted by atomic mass is 19.1. The van der Waals surface area contributed by atoms with Crippen LogP contribution in [-0.4, -0.2) is 36.6 Å². The fraction of sp³-hybridized carbons (Fsp3) is 0.333. The van der Waals surface area contributed by atoms with Crippen LogP contribution < -0.4 is 0 Å². The van der Waals surface area contributed by atoms with Crippen LogP contribution in [-0.2, 0) is 9.53 Å². The first-order chi connectivity index (χ1) is 11.5. The van der Waals surface area contributed by atoms with E-state index in [1.54, 1.807) is 18.5 Å². The second-order valence-corrected chi connectivity index (χ2v) is 5.52. The standard InChI is InChI=1S/C18H20F2N2O2/c1-22(10-4-6-17(23)24-2)18(13-5-3-9-21-12-13)15-8-7-14(19)11-16(15)20/h3,5,7-9,11-12,18H,4,6,10H2,1-2H3/t18-/m0/s1. The normalized spacial score (nSPS) is 12.2. The SMILES string of the molecule is COC(=O)CCCN(C)[C@@H](c1cccnc1)c1ccc(F)cc1F. The molecule has 1 aromatic heterocycles. The van der Waals surface area contributed by atoms with Gasteiger partial charge in [0.2, 0.25) is 0 Å². The van der Waals surface area contributed by atoms with Crippen molar-refractivity contribution in [1.29, 1.82) is 0 Å². The van der Waals surface area contributed by atoms with Crippen LogP contribution in [0.1, 0.15) is 30.0 Å². The van der Waals surface area contributed by atoms with Crippen LogP contribution in [0.4, 0.5) is 8.78 Å². The zero-order chi connectivity index (χ0) is 17.5. The van der Waals surface area contributed by atoms with E-state index >= 15 is 0 Å². The first-order valence-corrected chi connectivity index (χ1v) is 7.65. The van der Waals surface area contributed by atoms with Crippen molar-refractivity contribution in [2.24, 2.45) is 0 Å². The minimum atomic E-state index is -0.616. The zero-order valence-corrected chi connectivity index (χ0v) is 13.7. The summed E-state index contributed by atoms with van der Waals surface area (Å²) in [4.78, 5) is 17.2. The van der Waals surface area contributed by atoms with Gasteiger partial charge in [0, 0.05) is 30.4 Å². The number of methoxy groups -OCH3 is 1. The molecule has 1 aromatic carbocycles. The van der Waals surface area contributed by atoms with E-state index in [9.17, 15) is 13.6 Å². The Morgan fingerprint density at radius 2 is 2.12 bits per heavy atom. The van der Waals surface area contributed by atoms with Gasteiger partial charge >= 0.3 is 5.97 Å². The molecule has 0 spiro atoms. The van der Waals surface area contributed by atoms with Gasteiger partial charge in [0.15, 0.2) is 0 Å². The molecule has 0 N–H and O–H groups in total. The lowest BCUT2D eigenvalue weighted by atomic mass is 9.98. The van der Waals surface area contributed by atoms with Crippen molar-refractivity contribution in [3.63, 3.8) is 0 Å². The van der Waals surface area contributed by atoms with Gasteiger partial charge in [-0.15, -0.1) is 0 Å². The zero-order valence-electron chi connectivity index (χ0n) is 13.7. The molecular weight excluding hydrogens is 314 g/mol. The third kappa shape index (κ3) is 4.58. The van der Waals surface area contributed by atoms with Crippen molar-refractivity contribution in [3.8, 4) is 0 Å². The Bertz CT molecular complexity index is 680. The molecule has 2 aromatic rings. The summed E-state index contributed by atoms with van der Waals surface area (Å²) in [5.74, 6) is -1.51. The van der Waals surface area contributed by atoms with Gasteiger partial charge in [-0.3, -0.25) is 14.7 Å². The third-order valence-electron chi connectivity index (χ3n) is 3.82. The van der Waals surface area contributed by atoms with Gasteiger partial charge in [-0.05, 0) is 37.7 Å². The summed E-state index contributed by atoms with van der Waals surface area (Å²) >= 11 is 0. The molecule has 0 saturated heterocycles. The smallest absolute Gasteiger partial charge is 0.305 e. The molecule has 0 aliphatic rings. The maximum Gasteiger partial charge on any atom is 0.305 e. The molecule has 0 aliphatic carbocycles. The lowest BCUT2D eigenvalue weighted by molar-refractivity contribution is -0.140. The Labute approximate surface area is 140 Å². The summed E-state index contributed by atoms with van der Waals surface area (Å²) in [6, 6.07) is 6.75. The van der Waals surface area contributed by atoms with Gasteiger partial charge in [0.05, 0.1) is 13.2 Å². The molecule has 6 heteroatoms. The predicted octanol–water partition coefficient (Wildman–Crippen LogP) is 3.33. The third-order valence-corrected chi connectivity index (χ3v) is 3.82. The maximum absolute atomic E-state index is 14.3. The monoisotopic (exact) mass is 334 g/mol. The summed E-state index contributed by atoms with van der Waals surface area (Å²) < 4.78 is 32.1. The highest BCUT2D eigenvalue weighted by Gasteiger charge is 2.23. The molecule has 0 amide bonds. The fourth-order valence-corrected chi connectivity index (χ4v) is 2.64. The molecule has 1 atom stereocenters. The number of carbonyl (C=O) groups excluding carboxylic acids is 1. The van der Waals surface area contributed by atoms with E-state index in [2.05, 4.69) is 9.72 Å². The molecule has 0 aliphatic heterocycles.